The number of urea groups is 1. The first kappa shape index (κ1) is 20.1. The minimum absolute atomic E-state index is 0.125. The maximum absolute atomic E-state index is 13.4. The van der Waals surface area contributed by atoms with Gasteiger partial charge < -0.3 is 15.0 Å². The Balaban J connectivity index is 1.17. The average Bonchev–Trinajstić information content (AvgIpc) is 3.19. The maximum Gasteiger partial charge on any atom is 0.318 e. The van der Waals surface area contributed by atoms with Crippen molar-refractivity contribution < 1.29 is 13.9 Å². The number of carbonyl (C=O) groups excluding carboxylic acids is 1. The molecule has 1 saturated heterocycles. The van der Waals surface area contributed by atoms with E-state index in [1.54, 1.807) is 11.0 Å². The summed E-state index contributed by atoms with van der Waals surface area (Å²) in [6.45, 7) is 3.11. The van der Waals surface area contributed by atoms with Gasteiger partial charge in [-0.3, -0.25) is 4.99 Å². The van der Waals surface area contributed by atoms with Gasteiger partial charge in [-0.05, 0) is 48.4 Å². The summed E-state index contributed by atoms with van der Waals surface area (Å²) >= 11 is 0. The second-order valence-corrected chi connectivity index (χ2v) is 8.48. The molecule has 0 bridgehead atoms. The van der Waals surface area contributed by atoms with E-state index in [2.05, 4.69) is 15.3 Å². The molecule has 0 unspecified atom stereocenters. The highest BCUT2D eigenvalue weighted by atomic mass is 19.1. The van der Waals surface area contributed by atoms with Crippen LogP contribution in [0.1, 0.15) is 35.5 Å². The zero-order valence-corrected chi connectivity index (χ0v) is 17.4. The van der Waals surface area contributed by atoms with E-state index in [9.17, 15) is 9.18 Å². The van der Waals surface area contributed by atoms with Crippen LogP contribution in [-0.4, -0.2) is 52.9 Å². The molecule has 0 atom stereocenters. The van der Waals surface area contributed by atoms with Crippen molar-refractivity contribution in [2.75, 3.05) is 26.3 Å². The number of fused-ring (bicyclic) bond motifs is 2. The molecule has 1 aromatic carbocycles. The number of rotatable bonds is 4. The molecule has 162 valence electrons. The number of amides is 2. The summed E-state index contributed by atoms with van der Waals surface area (Å²) in [5.41, 5.74) is 4.56. The summed E-state index contributed by atoms with van der Waals surface area (Å²) < 4.78 is 18.8. The first-order valence-electron chi connectivity index (χ1n) is 10.9. The molecule has 31 heavy (non-hydrogen) atoms. The molecule has 0 radical (unpaired) electrons. The van der Waals surface area contributed by atoms with Crippen LogP contribution in [-0.2, 0) is 30.5 Å². The zero-order valence-electron chi connectivity index (χ0n) is 17.4. The molecule has 1 N–H and O–H groups in total. The average molecular weight is 423 g/mol. The molecule has 5 rings (SSSR count). The summed E-state index contributed by atoms with van der Waals surface area (Å²) in [7, 11) is 0. The maximum atomic E-state index is 13.4. The quantitative estimate of drug-likeness (QED) is 0.820. The summed E-state index contributed by atoms with van der Waals surface area (Å²) in [5, 5.41) is 2.96. The van der Waals surface area contributed by atoms with Crippen LogP contribution in [0.2, 0.25) is 0 Å². The number of benzene rings is 1. The van der Waals surface area contributed by atoms with Crippen LogP contribution < -0.4 is 5.32 Å². The molecule has 4 heterocycles. The van der Waals surface area contributed by atoms with Crippen molar-refractivity contribution in [3.8, 4) is 0 Å². The summed E-state index contributed by atoms with van der Waals surface area (Å²) in [6, 6.07) is 4.50. The van der Waals surface area contributed by atoms with Gasteiger partial charge in [0.15, 0.2) is 0 Å². The van der Waals surface area contributed by atoms with Gasteiger partial charge in [-0.2, -0.15) is 0 Å². The van der Waals surface area contributed by atoms with Crippen molar-refractivity contribution in [1.82, 2.24) is 20.2 Å². The van der Waals surface area contributed by atoms with E-state index < -0.39 is 0 Å². The fourth-order valence-corrected chi connectivity index (χ4v) is 4.44. The lowest BCUT2D eigenvalue weighted by molar-refractivity contribution is 0.0659. The number of aromatic nitrogens is 2. The molecule has 0 aliphatic carbocycles. The highest BCUT2D eigenvalue weighted by Gasteiger charge is 2.24. The first-order chi connectivity index (χ1) is 15.1. The Morgan fingerprint density at radius 1 is 1.26 bits per heavy atom. The lowest BCUT2D eigenvalue weighted by Gasteiger charge is -2.28. The third-order valence-corrected chi connectivity index (χ3v) is 6.26. The zero-order chi connectivity index (χ0) is 21.2. The molecule has 0 spiro atoms. The Bertz CT molecular complexity index is 1020. The Morgan fingerprint density at radius 3 is 3.00 bits per heavy atom. The largest absolute Gasteiger partial charge is 0.381 e. The standard InChI is InChI=1S/C23H26FN5O2/c24-18-2-1-16-10-19(27-20(16)11-18)13-26-23(30)29-6-3-17-12-25-22(28-21(17)14-29)9-15-4-7-31-8-5-15/h1-2,11-12,15H,3-10,13-14H2,(H,26,30). The van der Waals surface area contributed by atoms with Gasteiger partial charge in [0.1, 0.15) is 11.6 Å². The van der Waals surface area contributed by atoms with Crippen molar-refractivity contribution in [3.63, 3.8) is 0 Å². The molecule has 1 fully saturated rings. The molecule has 2 amide bonds. The highest BCUT2D eigenvalue weighted by Crippen LogP contribution is 2.27. The van der Waals surface area contributed by atoms with Crippen LogP contribution in [0.4, 0.5) is 14.9 Å². The molecule has 1 aromatic heterocycles. The minimum atomic E-state index is -0.294. The van der Waals surface area contributed by atoms with E-state index in [1.165, 1.54) is 12.1 Å². The summed E-state index contributed by atoms with van der Waals surface area (Å²) in [5.74, 6) is 1.13. The molecule has 2 aromatic rings. The number of nitrogens with one attached hydrogen (secondary N) is 1. The van der Waals surface area contributed by atoms with E-state index in [-0.39, 0.29) is 11.8 Å². The summed E-state index contributed by atoms with van der Waals surface area (Å²) in [6.07, 6.45) is 6.29. The van der Waals surface area contributed by atoms with Crippen LogP contribution in [0.5, 0.6) is 0 Å². The first-order valence-corrected chi connectivity index (χ1v) is 10.9. The fraction of sp³-hybridized carbons (Fsp3) is 0.478. The van der Waals surface area contributed by atoms with Crippen LogP contribution in [0.15, 0.2) is 29.4 Å². The van der Waals surface area contributed by atoms with Crippen molar-refractivity contribution in [1.29, 1.82) is 0 Å². The van der Waals surface area contributed by atoms with E-state index in [0.717, 1.165) is 67.3 Å². The molecule has 3 aliphatic heterocycles. The van der Waals surface area contributed by atoms with Gasteiger partial charge in [0.2, 0.25) is 0 Å². The van der Waals surface area contributed by atoms with Gasteiger partial charge in [0, 0.05) is 44.5 Å². The number of ether oxygens (including phenoxy) is 1. The van der Waals surface area contributed by atoms with Crippen molar-refractivity contribution in [2.45, 2.75) is 38.6 Å². The van der Waals surface area contributed by atoms with Gasteiger partial charge in [0.05, 0.1) is 24.5 Å². The van der Waals surface area contributed by atoms with E-state index in [0.29, 0.717) is 37.7 Å². The number of aliphatic imine (C=N–C) groups is 1. The van der Waals surface area contributed by atoms with Crippen molar-refractivity contribution in [3.05, 3.63) is 52.9 Å². The minimum Gasteiger partial charge on any atom is -0.381 e. The van der Waals surface area contributed by atoms with Gasteiger partial charge in [-0.25, -0.2) is 19.2 Å². The highest BCUT2D eigenvalue weighted by molar-refractivity contribution is 5.97. The van der Waals surface area contributed by atoms with Crippen molar-refractivity contribution >= 4 is 17.4 Å². The molecule has 7 nitrogen and oxygen atoms in total. The molecule has 3 aliphatic rings. The molecular weight excluding hydrogens is 397 g/mol. The van der Waals surface area contributed by atoms with Crippen LogP contribution in [0.3, 0.4) is 0 Å². The van der Waals surface area contributed by atoms with Crippen LogP contribution >= 0.6 is 0 Å². The lowest BCUT2D eigenvalue weighted by Crippen LogP contribution is -2.44. The van der Waals surface area contributed by atoms with E-state index in [1.807, 2.05) is 6.20 Å². The van der Waals surface area contributed by atoms with Crippen LogP contribution in [0, 0.1) is 11.7 Å². The second kappa shape index (κ2) is 8.70. The van der Waals surface area contributed by atoms with Gasteiger partial charge in [-0.15, -0.1) is 0 Å². The third-order valence-electron chi connectivity index (χ3n) is 6.26. The molecule has 0 saturated carbocycles. The lowest BCUT2D eigenvalue weighted by atomic mass is 9.96. The van der Waals surface area contributed by atoms with Crippen molar-refractivity contribution in [2.24, 2.45) is 10.9 Å². The van der Waals surface area contributed by atoms with Gasteiger partial charge in [-0.1, -0.05) is 6.07 Å². The smallest absolute Gasteiger partial charge is 0.318 e. The number of halogens is 1. The van der Waals surface area contributed by atoms with Gasteiger partial charge >= 0.3 is 6.03 Å². The van der Waals surface area contributed by atoms with Crippen LogP contribution in [0.25, 0.3) is 0 Å². The number of nitrogens with zero attached hydrogens (tertiary/aromatic N) is 4. The number of hydrogen-bond acceptors (Lipinski definition) is 5. The Morgan fingerprint density at radius 2 is 2.13 bits per heavy atom. The number of carbonyl (C=O) groups is 1. The Labute approximate surface area is 180 Å². The predicted octanol–water partition coefficient (Wildman–Crippen LogP) is 2.98. The van der Waals surface area contributed by atoms with E-state index in [4.69, 9.17) is 9.72 Å². The molecule has 8 heteroatoms. The van der Waals surface area contributed by atoms with Gasteiger partial charge in [0.25, 0.3) is 0 Å². The third kappa shape index (κ3) is 4.58. The Kier molecular flexibility index (Phi) is 5.63. The predicted molar refractivity (Wildman–Crippen MR) is 114 cm³/mol. The normalized spacial score (nSPS) is 18.4. The fourth-order valence-electron chi connectivity index (χ4n) is 4.44. The topological polar surface area (TPSA) is 79.7 Å². The molecular formula is C23H26FN5O2. The monoisotopic (exact) mass is 423 g/mol. The Hall–Kier alpha value is -2.87. The summed E-state index contributed by atoms with van der Waals surface area (Å²) in [4.78, 5) is 28.3. The second-order valence-electron chi connectivity index (χ2n) is 8.48. The van der Waals surface area contributed by atoms with E-state index >= 15 is 0 Å². The number of hydrogen-bond donors (Lipinski definition) is 1. The SMILES string of the molecule is O=C(NCC1=Nc2cc(F)ccc2C1)N1CCc2cnc(CC3CCOCC3)nc2C1.